The third-order valence-corrected chi connectivity index (χ3v) is 2.85. The normalized spacial score (nSPS) is 14.0. The highest BCUT2D eigenvalue weighted by Crippen LogP contribution is 2.36. The molecule has 0 heterocycles. The zero-order chi connectivity index (χ0) is 16.4. The fourth-order valence-corrected chi connectivity index (χ4v) is 1.80. The lowest BCUT2D eigenvalue weighted by Crippen LogP contribution is -2.74. The molecule has 21 heavy (non-hydrogen) atoms. The van der Waals surface area contributed by atoms with Crippen LogP contribution >= 0.6 is 0 Å². The van der Waals surface area contributed by atoms with Crippen molar-refractivity contribution in [3.05, 3.63) is 66.2 Å². The molecule has 0 aliphatic carbocycles. The maximum atomic E-state index is 11.2. The van der Waals surface area contributed by atoms with E-state index >= 15 is 0 Å². The Balaban J connectivity index is 3.92. The molecule has 0 saturated heterocycles. The Labute approximate surface area is 115 Å². The van der Waals surface area contributed by atoms with Gasteiger partial charge in [-0.2, -0.15) is 0 Å². The van der Waals surface area contributed by atoms with E-state index in [1.165, 1.54) is 6.07 Å². The Morgan fingerprint density at radius 2 is 1.43 bits per heavy atom. The summed E-state index contributed by atoms with van der Waals surface area (Å²) >= 11 is 0. The van der Waals surface area contributed by atoms with Gasteiger partial charge in [0.2, 0.25) is 0 Å². The van der Waals surface area contributed by atoms with Gasteiger partial charge in [-0.3, -0.25) is 30.3 Å². The highest BCUT2D eigenvalue weighted by Gasteiger charge is 2.86. The van der Waals surface area contributed by atoms with Crippen LogP contribution in [-0.2, 0) is 10.5 Å². The zero-order valence-corrected chi connectivity index (χ0v) is 10.1. The predicted molar refractivity (Wildman–Crippen MR) is 63.7 cm³/mol. The van der Waals surface area contributed by atoms with Crippen molar-refractivity contribution in [3.8, 4) is 0 Å². The summed E-state index contributed by atoms with van der Waals surface area (Å²) in [5.41, 5.74) is -3.70. The Bertz CT molecular complexity index is 587. The van der Waals surface area contributed by atoms with E-state index in [9.17, 15) is 35.1 Å². The minimum absolute atomic E-state index is 0.819. The number of hydrogen-bond donors (Lipinski definition) is 2. The van der Waals surface area contributed by atoms with Gasteiger partial charge >= 0.3 is 17.3 Å². The summed E-state index contributed by atoms with van der Waals surface area (Å²) in [5, 5.41) is 42.4. The molecule has 1 atom stereocenters. The molecule has 3 N–H and O–H groups in total. The van der Waals surface area contributed by atoms with Crippen molar-refractivity contribution in [1.82, 2.24) is 0 Å². The summed E-state index contributed by atoms with van der Waals surface area (Å²) in [4.78, 5) is 39.4. The van der Waals surface area contributed by atoms with Crippen molar-refractivity contribution >= 4 is 5.97 Å². The van der Waals surface area contributed by atoms with Crippen LogP contribution in [0.3, 0.4) is 0 Å². The average molecular weight is 300 g/mol. The Kier molecular flexibility index (Phi) is 3.85. The minimum atomic E-state index is -4.00. The van der Waals surface area contributed by atoms with Gasteiger partial charge < -0.3 is 5.11 Å². The smallest absolute Gasteiger partial charge is 0.474 e. The van der Waals surface area contributed by atoms with Gasteiger partial charge in [-0.1, -0.05) is 18.2 Å². The van der Waals surface area contributed by atoms with Crippen molar-refractivity contribution in [1.29, 1.82) is 0 Å². The van der Waals surface area contributed by atoms with E-state index in [1.54, 1.807) is 0 Å². The van der Waals surface area contributed by atoms with E-state index in [4.69, 9.17) is 10.8 Å². The fraction of sp³-hybridized carbons (Fsp3) is 0.222. The molecule has 0 spiro atoms. The number of carbonyl (C=O) groups is 1. The average Bonchev–Trinajstić information content (AvgIpc) is 2.38. The second kappa shape index (κ2) is 5.09. The van der Waals surface area contributed by atoms with Crippen LogP contribution in [0.1, 0.15) is 5.56 Å². The molecule has 0 aromatic heterocycles. The van der Waals surface area contributed by atoms with Crippen LogP contribution in [0.15, 0.2) is 30.3 Å². The minimum Gasteiger partial charge on any atom is -0.474 e. The van der Waals surface area contributed by atoms with Crippen molar-refractivity contribution in [2.45, 2.75) is 11.3 Å². The number of nitrogens with zero attached hydrogens (tertiary/aromatic N) is 3. The summed E-state index contributed by atoms with van der Waals surface area (Å²) in [7, 11) is 0. The topological polar surface area (TPSA) is 193 Å². The first-order valence-electron chi connectivity index (χ1n) is 5.14. The van der Waals surface area contributed by atoms with Crippen LogP contribution in [0.4, 0.5) is 0 Å². The number of nitro groups is 3. The highest BCUT2D eigenvalue weighted by atomic mass is 16.7. The number of nitrogens with two attached hydrogens (primary N) is 1. The summed E-state index contributed by atoms with van der Waals surface area (Å²) in [6, 6.07) is 5.22. The molecule has 1 aromatic rings. The second-order valence-corrected chi connectivity index (χ2v) is 3.88. The summed E-state index contributed by atoms with van der Waals surface area (Å²) in [6.07, 6.45) is 0. The number of hydrogen-bond acceptors (Lipinski definition) is 8. The Morgan fingerprint density at radius 1 is 1.00 bits per heavy atom. The van der Waals surface area contributed by atoms with E-state index in [1.807, 2.05) is 0 Å². The molecule has 0 fully saturated rings. The lowest BCUT2D eigenvalue weighted by atomic mass is 9.87. The maximum Gasteiger partial charge on any atom is 0.577 e. The van der Waals surface area contributed by atoms with Crippen LogP contribution < -0.4 is 5.73 Å². The molecule has 0 unspecified atom stereocenters. The SMILES string of the molecule is N[C@@](C(=O)O)([N+](=O)[O-])C(c1ccccc1)([N+](=O)[O-])[N+](=O)[O-]. The quantitative estimate of drug-likeness (QED) is 0.392. The van der Waals surface area contributed by atoms with Crippen LogP contribution in [0, 0.1) is 30.3 Å². The van der Waals surface area contributed by atoms with Crippen molar-refractivity contribution < 1.29 is 24.7 Å². The first-order valence-corrected chi connectivity index (χ1v) is 5.14. The molecule has 0 aliphatic rings. The number of carboxylic acid groups (broad SMARTS) is 1. The van der Waals surface area contributed by atoms with E-state index in [2.05, 4.69) is 0 Å². The van der Waals surface area contributed by atoms with Gasteiger partial charge in [-0.25, -0.2) is 10.5 Å². The first kappa shape index (κ1) is 15.9. The van der Waals surface area contributed by atoms with Gasteiger partial charge in [0, 0.05) is 0 Å². The van der Waals surface area contributed by atoms with E-state index in [-0.39, 0.29) is 0 Å². The van der Waals surface area contributed by atoms with Gasteiger partial charge in [0.05, 0.1) is 4.92 Å². The molecule has 1 rings (SSSR count). The largest absolute Gasteiger partial charge is 0.577 e. The predicted octanol–water partition coefficient (Wildman–Crippen LogP) is -0.591. The third-order valence-electron chi connectivity index (χ3n) is 2.85. The molecule has 0 saturated carbocycles. The maximum absolute atomic E-state index is 11.2. The number of benzene rings is 1. The van der Waals surface area contributed by atoms with Gasteiger partial charge in [0.25, 0.3) is 0 Å². The molecule has 12 nitrogen and oxygen atoms in total. The van der Waals surface area contributed by atoms with Crippen molar-refractivity contribution in [3.63, 3.8) is 0 Å². The molecule has 0 bridgehead atoms. The van der Waals surface area contributed by atoms with Gasteiger partial charge in [0.15, 0.2) is 0 Å². The van der Waals surface area contributed by atoms with Crippen molar-refractivity contribution in [2.24, 2.45) is 5.73 Å². The van der Waals surface area contributed by atoms with Crippen LogP contribution in [0.2, 0.25) is 0 Å². The van der Waals surface area contributed by atoms with Gasteiger partial charge in [0.1, 0.15) is 15.4 Å². The standard InChI is InChI=1S/C9H8N4O8/c10-8(7(14)15,11(16)17)9(12(18)19,13(20)21)6-4-2-1-3-5-6/h1-5H,10H2,(H,14,15)/t8-/m0/s1. The Morgan fingerprint density at radius 3 is 1.71 bits per heavy atom. The first-order chi connectivity index (χ1) is 9.63. The molecular weight excluding hydrogens is 292 g/mol. The molecular formula is C9H8N4O8. The summed E-state index contributed by atoms with van der Waals surface area (Å²) < 4.78 is 0. The van der Waals surface area contributed by atoms with Crippen molar-refractivity contribution in [2.75, 3.05) is 0 Å². The van der Waals surface area contributed by atoms with Crippen LogP contribution in [-0.4, -0.2) is 31.5 Å². The Hall–Kier alpha value is -3.15. The third kappa shape index (κ3) is 1.93. The molecule has 0 aliphatic heterocycles. The molecule has 0 amide bonds. The molecule has 0 radical (unpaired) electrons. The van der Waals surface area contributed by atoms with Gasteiger partial charge in [-0.15, -0.1) is 0 Å². The van der Waals surface area contributed by atoms with E-state index in [0.29, 0.717) is 0 Å². The monoisotopic (exact) mass is 300 g/mol. The highest BCUT2D eigenvalue weighted by molar-refractivity contribution is 5.78. The summed E-state index contributed by atoms with van der Waals surface area (Å²) in [6.45, 7) is 0. The van der Waals surface area contributed by atoms with E-state index in [0.717, 1.165) is 24.3 Å². The van der Waals surface area contributed by atoms with E-state index < -0.39 is 37.6 Å². The lowest BCUT2D eigenvalue weighted by molar-refractivity contribution is -0.858. The lowest BCUT2D eigenvalue weighted by Gasteiger charge is -2.24. The van der Waals surface area contributed by atoms with Gasteiger partial charge in [-0.05, 0) is 12.1 Å². The summed E-state index contributed by atoms with van der Waals surface area (Å²) in [5.74, 6) is -2.51. The number of carboxylic acids is 1. The number of rotatable bonds is 6. The number of aliphatic carboxylic acids is 1. The fourth-order valence-electron chi connectivity index (χ4n) is 1.80. The van der Waals surface area contributed by atoms with Crippen LogP contribution in [0.25, 0.3) is 0 Å². The molecule has 112 valence electrons. The zero-order valence-electron chi connectivity index (χ0n) is 10.1. The van der Waals surface area contributed by atoms with Crippen LogP contribution in [0.5, 0.6) is 0 Å². The molecule has 12 heteroatoms. The molecule has 1 aromatic carbocycles. The second-order valence-electron chi connectivity index (χ2n) is 3.88.